The van der Waals surface area contributed by atoms with E-state index in [1.807, 2.05) is 18.5 Å². The van der Waals surface area contributed by atoms with Crippen molar-refractivity contribution >= 4 is 0 Å². The number of aromatic nitrogens is 3. The average Bonchev–Trinajstić information content (AvgIpc) is 3.65. The molecule has 0 saturated heterocycles. The van der Waals surface area contributed by atoms with Gasteiger partial charge in [-0.15, -0.1) is 0 Å². The van der Waals surface area contributed by atoms with Crippen molar-refractivity contribution in [3.8, 4) is 78.4 Å². The van der Waals surface area contributed by atoms with Crippen LogP contribution in [0.4, 0.5) is 0 Å². The van der Waals surface area contributed by atoms with Crippen LogP contribution in [0.2, 0.25) is 0 Å². The van der Waals surface area contributed by atoms with Gasteiger partial charge in [0, 0.05) is 29.1 Å². The largest absolute Gasteiger partial charge is 0.264 e. The van der Waals surface area contributed by atoms with Gasteiger partial charge < -0.3 is 0 Å². The maximum atomic E-state index is 5.41. The van der Waals surface area contributed by atoms with Crippen LogP contribution in [0.3, 0.4) is 0 Å². The zero-order valence-corrected chi connectivity index (χ0v) is 34.3. The van der Waals surface area contributed by atoms with Crippen molar-refractivity contribution in [1.82, 2.24) is 15.0 Å². The van der Waals surface area contributed by atoms with E-state index in [0.717, 1.165) is 44.8 Å². The summed E-state index contributed by atoms with van der Waals surface area (Å²) in [5.41, 5.74) is 19.7. The van der Waals surface area contributed by atoms with Gasteiger partial charge in [0.25, 0.3) is 0 Å². The molecule has 10 aromatic rings. The van der Waals surface area contributed by atoms with Crippen molar-refractivity contribution in [3.05, 3.63) is 259 Å². The Bertz CT molecular complexity index is 3190. The molecule has 0 amide bonds. The molecule has 0 aliphatic heterocycles. The molecule has 0 radical (unpaired) electrons. The summed E-state index contributed by atoms with van der Waals surface area (Å²) in [6, 6.07) is 78.5. The molecular weight excluding hydrogens is 751 g/mol. The SMILES string of the molecule is Cc1cnccc1-c1cccc(-c2ccc3c(c2)-c2cc(-c4cc(-c5ccccc5)nc(-c5ccccc5-c5ccccc5)n4)ccc2C3(c2ccccc2)c2ccccc2)c1. The summed E-state index contributed by atoms with van der Waals surface area (Å²) in [6.07, 6.45) is 3.81. The Morgan fingerprint density at radius 1 is 0.339 bits per heavy atom. The summed E-state index contributed by atoms with van der Waals surface area (Å²) < 4.78 is 0. The predicted molar refractivity (Wildman–Crippen MR) is 254 cm³/mol. The number of pyridine rings is 1. The number of aryl methyl sites for hydroxylation is 1. The minimum atomic E-state index is -0.541. The van der Waals surface area contributed by atoms with E-state index in [0.29, 0.717) is 5.82 Å². The molecule has 0 fully saturated rings. The van der Waals surface area contributed by atoms with Crippen molar-refractivity contribution in [2.24, 2.45) is 0 Å². The molecule has 62 heavy (non-hydrogen) atoms. The second-order valence-electron chi connectivity index (χ2n) is 16.0. The van der Waals surface area contributed by atoms with Gasteiger partial charge in [0.2, 0.25) is 0 Å². The molecular formula is C59H41N3. The number of nitrogens with zero attached hydrogens (tertiary/aromatic N) is 3. The molecule has 11 rings (SSSR count). The Labute approximate surface area is 362 Å². The van der Waals surface area contributed by atoms with Crippen molar-refractivity contribution < 1.29 is 0 Å². The lowest BCUT2D eigenvalue weighted by molar-refractivity contribution is 0.768. The second kappa shape index (κ2) is 15.5. The number of rotatable bonds is 8. The number of hydrogen-bond acceptors (Lipinski definition) is 3. The fourth-order valence-corrected chi connectivity index (χ4v) is 9.52. The monoisotopic (exact) mass is 791 g/mol. The fraction of sp³-hybridized carbons (Fsp3) is 0.0339. The van der Waals surface area contributed by atoms with E-state index < -0.39 is 5.41 Å². The van der Waals surface area contributed by atoms with Crippen LogP contribution in [0.15, 0.2) is 231 Å². The first kappa shape index (κ1) is 37.0. The van der Waals surface area contributed by atoms with Crippen LogP contribution in [0.25, 0.3) is 78.4 Å². The third-order valence-corrected chi connectivity index (χ3v) is 12.4. The lowest BCUT2D eigenvalue weighted by atomic mass is 9.67. The van der Waals surface area contributed by atoms with Crippen LogP contribution in [-0.2, 0) is 5.41 Å². The van der Waals surface area contributed by atoms with E-state index in [2.05, 4.69) is 224 Å². The lowest BCUT2D eigenvalue weighted by Gasteiger charge is -2.34. The van der Waals surface area contributed by atoms with Gasteiger partial charge >= 0.3 is 0 Å². The van der Waals surface area contributed by atoms with Gasteiger partial charge in [0.1, 0.15) is 0 Å². The molecule has 2 heterocycles. The molecule has 1 aliphatic carbocycles. The van der Waals surface area contributed by atoms with E-state index in [-0.39, 0.29) is 0 Å². The predicted octanol–water partition coefficient (Wildman–Crippen LogP) is 14.5. The van der Waals surface area contributed by atoms with E-state index in [1.54, 1.807) is 0 Å². The summed E-state index contributed by atoms with van der Waals surface area (Å²) in [4.78, 5) is 15.0. The average molecular weight is 792 g/mol. The Hall–Kier alpha value is -8.01. The van der Waals surface area contributed by atoms with Gasteiger partial charge in [-0.1, -0.05) is 188 Å². The Kier molecular flexibility index (Phi) is 9.28. The van der Waals surface area contributed by atoms with Gasteiger partial charge in [0.05, 0.1) is 16.8 Å². The minimum absolute atomic E-state index is 0.541. The van der Waals surface area contributed by atoms with E-state index in [1.165, 1.54) is 55.6 Å². The van der Waals surface area contributed by atoms with Crippen LogP contribution < -0.4 is 0 Å². The van der Waals surface area contributed by atoms with Crippen LogP contribution in [0.1, 0.15) is 27.8 Å². The van der Waals surface area contributed by atoms with Crippen LogP contribution in [0.5, 0.6) is 0 Å². The van der Waals surface area contributed by atoms with Crippen molar-refractivity contribution in [2.75, 3.05) is 0 Å². The summed E-state index contributed by atoms with van der Waals surface area (Å²) in [5, 5.41) is 0. The molecule has 2 aromatic heterocycles. The molecule has 3 heteroatoms. The van der Waals surface area contributed by atoms with Gasteiger partial charge in [-0.05, 0) is 110 Å². The zero-order valence-electron chi connectivity index (χ0n) is 34.3. The maximum Gasteiger partial charge on any atom is 0.161 e. The molecule has 0 spiro atoms. The Morgan fingerprint density at radius 2 is 0.839 bits per heavy atom. The maximum absolute atomic E-state index is 5.41. The Morgan fingerprint density at radius 3 is 1.48 bits per heavy atom. The summed E-state index contributed by atoms with van der Waals surface area (Å²) >= 11 is 0. The number of hydrogen-bond donors (Lipinski definition) is 0. The lowest BCUT2D eigenvalue weighted by Crippen LogP contribution is -2.28. The molecule has 0 unspecified atom stereocenters. The highest BCUT2D eigenvalue weighted by molar-refractivity contribution is 5.92. The molecule has 0 atom stereocenters. The van der Waals surface area contributed by atoms with Gasteiger partial charge in [-0.2, -0.15) is 0 Å². The molecule has 0 bridgehead atoms. The number of benzene rings is 8. The second-order valence-corrected chi connectivity index (χ2v) is 16.0. The molecule has 3 nitrogen and oxygen atoms in total. The third-order valence-electron chi connectivity index (χ3n) is 12.4. The van der Waals surface area contributed by atoms with E-state index in [4.69, 9.17) is 9.97 Å². The molecule has 8 aromatic carbocycles. The Balaban J connectivity index is 1.14. The minimum Gasteiger partial charge on any atom is -0.264 e. The molecule has 1 aliphatic rings. The number of fused-ring (bicyclic) bond motifs is 3. The summed E-state index contributed by atoms with van der Waals surface area (Å²) in [7, 11) is 0. The first-order valence-corrected chi connectivity index (χ1v) is 21.2. The smallest absolute Gasteiger partial charge is 0.161 e. The molecule has 292 valence electrons. The van der Waals surface area contributed by atoms with Crippen LogP contribution in [-0.4, -0.2) is 15.0 Å². The third kappa shape index (κ3) is 6.34. The van der Waals surface area contributed by atoms with Crippen LogP contribution in [0, 0.1) is 6.92 Å². The van der Waals surface area contributed by atoms with E-state index >= 15 is 0 Å². The summed E-state index contributed by atoms with van der Waals surface area (Å²) in [5.74, 6) is 0.691. The van der Waals surface area contributed by atoms with Crippen molar-refractivity contribution in [1.29, 1.82) is 0 Å². The fourth-order valence-electron chi connectivity index (χ4n) is 9.52. The van der Waals surface area contributed by atoms with Gasteiger partial charge in [-0.25, -0.2) is 9.97 Å². The zero-order chi connectivity index (χ0) is 41.5. The molecule has 0 saturated carbocycles. The highest BCUT2D eigenvalue weighted by Gasteiger charge is 2.46. The van der Waals surface area contributed by atoms with Gasteiger partial charge in [0.15, 0.2) is 5.82 Å². The first-order valence-electron chi connectivity index (χ1n) is 21.2. The highest BCUT2D eigenvalue weighted by Crippen LogP contribution is 2.57. The quantitative estimate of drug-likeness (QED) is 0.154. The normalized spacial score (nSPS) is 12.4. The van der Waals surface area contributed by atoms with E-state index in [9.17, 15) is 0 Å². The summed E-state index contributed by atoms with van der Waals surface area (Å²) in [6.45, 7) is 2.12. The van der Waals surface area contributed by atoms with Gasteiger partial charge in [-0.3, -0.25) is 4.98 Å². The van der Waals surface area contributed by atoms with Crippen LogP contribution >= 0.6 is 0 Å². The highest BCUT2D eigenvalue weighted by atomic mass is 14.9. The molecule has 0 N–H and O–H groups in total. The topological polar surface area (TPSA) is 38.7 Å². The van der Waals surface area contributed by atoms with Crippen molar-refractivity contribution in [2.45, 2.75) is 12.3 Å². The standard InChI is InChI=1S/C59H41N3/c1-40-39-60-34-33-49(40)45-22-16-21-43(35-45)44-29-31-54-52(36-44)53-37-46(30-32-55(53)59(54,47-23-10-4-11-24-47)48-25-12-5-13-26-48)57-38-56(42-19-8-3-9-20-42)61-58(62-57)51-28-15-14-27-50(51)41-17-6-2-7-18-41/h2-39H,1H3. The van der Waals surface area contributed by atoms with Crippen molar-refractivity contribution in [3.63, 3.8) is 0 Å². The first-order chi connectivity index (χ1) is 30.6.